The molecule has 1 atom stereocenters. The van der Waals surface area contributed by atoms with Crippen LogP contribution >= 0.6 is 11.6 Å². The van der Waals surface area contributed by atoms with Gasteiger partial charge in [0.2, 0.25) is 5.91 Å². The van der Waals surface area contributed by atoms with E-state index in [1.807, 2.05) is 55.5 Å². The van der Waals surface area contributed by atoms with Gasteiger partial charge in [0.05, 0.1) is 5.69 Å². The van der Waals surface area contributed by atoms with Crippen molar-refractivity contribution in [1.29, 1.82) is 0 Å². The van der Waals surface area contributed by atoms with Crippen molar-refractivity contribution in [2.24, 2.45) is 5.73 Å². The number of hydrogen-bond donors (Lipinski definition) is 2. The maximum Gasteiger partial charge on any atom is 0.224 e. The summed E-state index contributed by atoms with van der Waals surface area (Å²) in [5, 5.41) is 3.54. The zero-order chi connectivity index (χ0) is 16.7. The molecule has 23 heavy (non-hydrogen) atoms. The summed E-state index contributed by atoms with van der Waals surface area (Å²) in [6.07, 6.45) is 1.04. The van der Waals surface area contributed by atoms with Crippen molar-refractivity contribution in [2.75, 3.05) is 5.32 Å². The van der Waals surface area contributed by atoms with Crippen molar-refractivity contribution in [3.05, 3.63) is 59.1 Å². The van der Waals surface area contributed by atoms with Gasteiger partial charge in [-0.15, -0.1) is 0 Å². The molecule has 0 aromatic heterocycles. The SMILES string of the molecule is CC(N)CCC(=O)Nc1ccccc1OCc1cccc(Cl)c1. The van der Waals surface area contributed by atoms with Crippen molar-refractivity contribution < 1.29 is 9.53 Å². The molecule has 0 saturated carbocycles. The Kier molecular flexibility index (Phi) is 6.44. The molecule has 0 radical (unpaired) electrons. The molecule has 1 amide bonds. The highest BCUT2D eigenvalue weighted by Crippen LogP contribution is 2.25. The quantitative estimate of drug-likeness (QED) is 0.806. The Labute approximate surface area is 141 Å². The van der Waals surface area contributed by atoms with E-state index in [1.54, 1.807) is 0 Å². The first-order valence-electron chi connectivity index (χ1n) is 7.56. The summed E-state index contributed by atoms with van der Waals surface area (Å²) in [6, 6.07) is 14.9. The standard InChI is InChI=1S/C18H21ClN2O2/c1-13(20)9-10-18(22)21-16-7-2-3-8-17(16)23-12-14-5-4-6-15(19)11-14/h2-8,11,13H,9-10,12,20H2,1H3,(H,21,22). The number of ether oxygens (including phenoxy) is 1. The number of benzene rings is 2. The number of rotatable bonds is 7. The predicted molar refractivity (Wildman–Crippen MR) is 93.7 cm³/mol. The smallest absolute Gasteiger partial charge is 0.224 e. The summed E-state index contributed by atoms with van der Waals surface area (Å²) in [5.74, 6) is 0.558. The first-order valence-corrected chi connectivity index (χ1v) is 7.94. The minimum Gasteiger partial charge on any atom is -0.487 e. The van der Waals surface area contributed by atoms with Crippen LogP contribution in [0, 0.1) is 0 Å². The summed E-state index contributed by atoms with van der Waals surface area (Å²) in [7, 11) is 0. The van der Waals surface area contributed by atoms with Gasteiger partial charge in [0, 0.05) is 17.5 Å². The van der Waals surface area contributed by atoms with E-state index in [-0.39, 0.29) is 11.9 Å². The summed E-state index contributed by atoms with van der Waals surface area (Å²) in [6.45, 7) is 2.27. The van der Waals surface area contributed by atoms with Crippen LogP contribution in [0.25, 0.3) is 0 Å². The summed E-state index contributed by atoms with van der Waals surface area (Å²) >= 11 is 5.96. The van der Waals surface area contributed by atoms with Gasteiger partial charge in [-0.2, -0.15) is 0 Å². The Morgan fingerprint density at radius 2 is 2.04 bits per heavy atom. The van der Waals surface area contributed by atoms with Gasteiger partial charge >= 0.3 is 0 Å². The van der Waals surface area contributed by atoms with Crippen molar-refractivity contribution in [3.8, 4) is 5.75 Å². The highest BCUT2D eigenvalue weighted by molar-refractivity contribution is 6.30. The molecule has 0 fully saturated rings. The lowest BCUT2D eigenvalue weighted by molar-refractivity contribution is -0.116. The van der Waals surface area contributed by atoms with E-state index < -0.39 is 0 Å². The molecule has 2 rings (SSSR count). The molecule has 0 aliphatic carbocycles. The lowest BCUT2D eigenvalue weighted by Gasteiger charge is -2.13. The average Bonchev–Trinajstić information content (AvgIpc) is 2.52. The number of anilines is 1. The molecule has 3 N–H and O–H groups in total. The van der Waals surface area contributed by atoms with Gasteiger partial charge < -0.3 is 15.8 Å². The molecular weight excluding hydrogens is 312 g/mol. The second-order valence-corrected chi connectivity index (χ2v) is 5.92. The van der Waals surface area contributed by atoms with Crippen LogP contribution in [0.4, 0.5) is 5.69 Å². The number of nitrogens with two attached hydrogens (primary N) is 1. The number of carbonyl (C=O) groups excluding carboxylic acids is 1. The molecule has 0 saturated heterocycles. The molecule has 2 aromatic carbocycles. The Bertz CT molecular complexity index is 659. The van der Waals surface area contributed by atoms with Crippen LogP contribution in [0.5, 0.6) is 5.75 Å². The fraction of sp³-hybridized carbons (Fsp3) is 0.278. The average molecular weight is 333 g/mol. The molecule has 4 nitrogen and oxygen atoms in total. The number of hydrogen-bond acceptors (Lipinski definition) is 3. The monoisotopic (exact) mass is 332 g/mol. The topological polar surface area (TPSA) is 64.4 Å². The third-order valence-corrected chi connectivity index (χ3v) is 3.51. The Balaban J connectivity index is 1.98. The van der Waals surface area contributed by atoms with Gasteiger partial charge in [0.15, 0.2) is 0 Å². The van der Waals surface area contributed by atoms with Crippen LogP contribution in [0.1, 0.15) is 25.3 Å². The minimum atomic E-state index is -0.0684. The van der Waals surface area contributed by atoms with Crippen molar-refractivity contribution in [1.82, 2.24) is 0 Å². The fourth-order valence-corrected chi connectivity index (χ4v) is 2.27. The second-order valence-electron chi connectivity index (χ2n) is 5.48. The Morgan fingerprint density at radius 3 is 2.78 bits per heavy atom. The maximum atomic E-state index is 11.9. The van der Waals surface area contributed by atoms with Crippen LogP contribution in [0.2, 0.25) is 5.02 Å². The van der Waals surface area contributed by atoms with Crippen molar-refractivity contribution >= 4 is 23.2 Å². The third-order valence-electron chi connectivity index (χ3n) is 3.27. The van der Waals surface area contributed by atoms with Crippen LogP contribution in [-0.2, 0) is 11.4 Å². The third kappa shape index (κ3) is 5.93. The second kappa shape index (κ2) is 8.56. The van der Waals surface area contributed by atoms with Crippen LogP contribution in [0.15, 0.2) is 48.5 Å². The fourth-order valence-electron chi connectivity index (χ4n) is 2.06. The van der Waals surface area contributed by atoms with E-state index in [0.717, 1.165) is 5.56 Å². The number of carbonyl (C=O) groups is 1. The molecule has 0 aliphatic heterocycles. The van der Waals surface area contributed by atoms with Crippen LogP contribution in [0.3, 0.4) is 0 Å². The first kappa shape index (κ1) is 17.3. The van der Waals surface area contributed by atoms with E-state index in [0.29, 0.717) is 35.9 Å². The molecule has 0 heterocycles. The highest BCUT2D eigenvalue weighted by Gasteiger charge is 2.08. The van der Waals surface area contributed by atoms with Gasteiger partial charge in [-0.05, 0) is 43.2 Å². The zero-order valence-electron chi connectivity index (χ0n) is 13.1. The van der Waals surface area contributed by atoms with Gasteiger partial charge in [-0.3, -0.25) is 4.79 Å². The largest absolute Gasteiger partial charge is 0.487 e. The highest BCUT2D eigenvalue weighted by atomic mass is 35.5. The number of halogens is 1. The van der Waals surface area contributed by atoms with E-state index in [4.69, 9.17) is 22.1 Å². The normalized spacial score (nSPS) is 11.8. The Hall–Kier alpha value is -2.04. The van der Waals surface area contributed by atoms with E-state index in [2.05, 4.69) is 5.32 Å². The zero-order valence-corrected chi connectivity index (χ0v) is 13.8. The van der Waals surface area contributed by atoms with Crippen LogP contribution < -0.4 is 15.8 Å². The van der Waals surface area contributed by atoms with Crippen molar-refractivity contribution in [3.63, 3.8) is 0 Å². The summed E-state index contributed by atoms with van der Waals surface area (Å²) in [4.78, 5) is 11.9. The first-order chi connectivity index (χ1) is 11.0. The lowest BCUT2D eigenvalue weighted by Crippen LogP contribution is -2.19. The molecule has 0 aliphatic rings. The summed E-state index contributed by atoms with van der Waals surface area (Å²) < 4.78 is 5.81. The van der Waals surface area contributed by atoms with Gasteiger partial charge in [0.1, 0.15) is 12.4 Å². The van der Waals surface area contributed by atoms with Crippen molar-refractivity contribution in [2.45, 2.75) is 32.4 Å². The predicted octanol–water partition coefficient (Wildman–Crippen LogP) is 3.98. The van der Waals surface area contributed by atoms with Gasteiger partial charge in [-0.25, -0.2) is 0 Å². The van der Waals surface area contributed by atoms with Gasteiger partial charge in [-0.1, -0.05) is 35.9 Å². The van der Waals surface area contributed by atoms with E-state index in [1.165, 1.54) is 0 Å². The van der Waals surface area contributed by atoms with Crippen LogP contribution in [-0.4, -0.2) is 11.9 Å². The minimum absolute atomic E-state index is 0.00933. The number of nitrogens with one attached hydrogen (secondary N) is 1. The molecule has 5 heteroatoms. The number of amides is 1. The van der Waals surface area contributed by atoms with E-state index >= 15 is 0 Å². The molecule has 2 aromatic rings. The molecular formula is C18H21ClN2O2. The lowest BCUT2D eigenvalue weighted by atomic mass is 10.2. The maximum absolute atomic E-state index is 11.9. The molecule has 0 bridgehead atoms. The Morgan fingerprint density at radius 1 is 1.26 bits per heavy atom. The molecule has 1 unspecified atom stereocenters. The summed E-state index contributed by atoms with van der Waals surface area (Å²) in [5.41, 5.74) is 7.30. The molecule has 122 valence electrons. The number of para-hydroxylation sites is 2. The van der Waals surface area contributed by atoms with E-state index in [9.17, 15) is 4.79 Å². The van der Waals surface area contributed by atoms with Gasteiger partial charge in [0.25, 0.3) is 0 Å². The molecule has 0 spiro atoms.